The number of imidazole rings is 1. The molecule has 0 saturated carbocycles. The third-order valence-corrected chi connectivity index (χ3v) is 4.72. The molecule has 1 aliphatic heterocycles. The number of morpholine rings is 1. The molecular weight excluding hydrogens is 316 g/mol. The number of hydrogen-bond donors (Lipinski definition) is 0. The van der Waals surface area contributed by atoms with E-state index in [1.165, 1.54) is 0 Å². The second-order valence-corrected chi connectivity index (χ2v) is 6.89. The quantitative estimate of drug-likeness (QED) is 0.729. The minimum Gasteiger partial charge on any atom is -0.368 e. The van der Waals surface area contributed by atoms with Gasteiger partial charge in [0.15, 0.2) is 5.65 Å². The van der Waals surface area contributed by atoms with Crippen molar-refractivity contribution in [3.05, 3.63) is 46.9 Å². The minimum absolute atomic E-state index is 0.00530. The van der Waals surface area contributed by atoms with E-state index in [1.54, 1.807) is 0 Å². The molecule has 0 N–H and O–H groups in total. The van der Waals surface area contributed by atoms with Gasteiger partial charge in [-0.3, -0.25) is 4.90 Å². The Morgan fingerprint density at radius 3 is 2.80 bits per heavy atom. The molecule has 25 heavy (non-hydrogen) atoms. The van der Waals surface area contributed by atoms with Gasteiger partial charge < -0.3 is 9.30 Å². The zero-order valence-electron chi connectivity index (χ0n) is 15.2. The van der Waals surface area contributed by atoms with Crippen LogP contribution in [-0.4, -0.2) is 48.7 Å². The lowest BCUT2D eigenvalue weighted by atomic mass is 10.2. The van der Waals surface area contributed by atoms with E-state index in [9.17, 15) is 0 Å². The number of aromatic nitrogens is 5. The Morgan fingerprint density at radius 1 is 1.20 bits per heavy atom. The second-order valence-electron chi connectivity index (χ2n) is 6.89. The fraction of sp³-hybridized carbons (Fsp3) is 0.500. The molecule has 1 fully saturated rings. The Kier molecular flexibility index (Phi) is 4.05. The predicted molar refractivity (Wildman–Crippen MR) is 94.4 cm³/mol. The summed E-state index contributed by atoms with van der Waals surface area (Å²) in [6, 6.07) is 2.05. The summed E-state index contributed by atoms with van der Waals surface area (Å²) in [5.74, 6) is 0.992. The van der Waals surface area contributed by atoms with Crippen LogP contribution < -0.4 is 0 Å². The first kappa shape index (κ1) is 16.2. The van der Waals surface area contributed by atoms with E-state index >= 15 is 0 Å². The Bertz CT molecular complexity index is 912. The topological polar surface area (TPSA) is 60.5 Å². The maximum Gasteiger partial charge on any atom is 0.159 e. The van der Waals surface area contributed by atoms with Crippen molar-refractivity contribution in [2.75, 3.05) is 19.7 Å². The van der Waals surface area contributed by atoms with E-state index in [1.807, 2.05) is 37.8 Å². The van der Waals surface area contributed by atoms with Gasteiger partial charge in [-0.25, -0.2) is 14.5 Å². The normalized spacial score (nSPS) is 19.0. The Morgan fingerprint density at radius 2 is 2.04 bits per heavy atom. The van der Waals surface area contributed by atoms with Crippen LogP contribution in [0.3, 0.4) is 0 Å². The zero-order valence-corrected chi connectivity index (χ0v) is 15.2. The molecule has 0 radical (unpaired) electrons. The van der Waals surface area contributed by atoms with E-state index in [0.717, 1.165) is 53.8 Å². The average Bonchev–Trinajstić information content (AvgIpc) is 3.11. The molecule has 0 spiro atoms. The van der Waals surface area contributed by atoms with Crippen molar-refractivity contribution in [3.63, 3.8) is 0 Å². The molecule has 0 unspecified atom stereocenters. The van der Waals surface area contributed by atoms with E-state index < -0.39 is 0 Å². The second kappa shape index (κ2) is 6.24. The number of nitrogens with zero attached hydrogens (tertiary/aromatic N) is 6. The first-order valence-corrected chi connectivity index (χ1v) is 8.66. The summed E-state index contributed by atoms with van der Waals surface area (Å²) >= 11 is 0. The van der Waals surface area contributed by atoms with E-state index in [-0.39, 0.29) is 6.10 Å². The maximum absolute atomic E-state index is 5.97. The molecule has 132 valence electrons. The van der Waals surface area contributed by atoms with Crippen LogP contribution in [0.25, 0.3) is 5.65 Å². The van der Waals surface area contributed by atoms with Crippen LogP contribution in [0.1, 0.15) is 34.6 Å². The fourth-order valence-electron chi connectivity index (χ4n) is 3.60. The fourth-order valence-corrected chi connectivity index (χ4v) is 3.60. The lowest BCUT2D eigenvalue weighted by molar-refractivity contribution is -0.0383. The van der Waals surface area contributed by atoms with Crippen molar-refractivity contribution in [1.82, 2.24) is 29.0 Å². The molecule has 4 rings (SSSR count). The maximum atomic E-state index is 5.97. The highest BCUT2D eigenvalue weighted by Crippen LogP contribution is 2.23. The largest absolute Gasteiger partial charge is 0.368 e. The first-order valence-electron chi connectivity index (χ1n) is 8.66. The van der Waals surface area contributed by atoms with Gasteiger partial charge in [0.2, 0.25) is 0 Å². The standard InChI is InChI=1S/C18H24N6O/c1-12-7-14(3)24-17(20-12)15(8-19-24)10-23-5-6-25-16(11-23)18-21-13(2)9-22(18)4/h7-9,16H,5-6,10-11H2,1-4H3/t16-/m0/s1. The zero-order chi connectivity index (χ0) is 17.6. The summed E-state index contributed by atoms with van der Waals surface area (Å²) in [7, 11) is 2.03. The molecule has 4 heterocycles. The van der Waals surface area contributed by atoms with Gasteiger partial charge >= 0.3 is 0 Å². The van der Waals surface area contributed by atoms with Crippen LogP contribution in [0.15, 0.2) is 18.5 Å². The molecule has 3 aromatic heterocycles. The minimum atomic E-state index is 0.00530. The van der Waals surface area contributed by atoms with Gasteiger partial charge in [-0.05, 0) is 26.8 Å². The van der Waals surface area contributed by atoms with E-state index in [4.69, 9.17) is 4.74 Å². The van der Waals surface area contributed by atoms with Gasteiger partial charge in [0, 0.05) is 49.8 Å². The molecule has 7 heteroatoms. The summed E-state index contributed by atoms with van der Waals surface area (Å²) in [5.41, 5.74) is 5.26. The van der Waals surface area contributed by atoms with Crippen molar-refractivity contribution < 1.29 is 4.74 Å². The predicted octanol–water partition coefficient (Wildman–Crippen LogP) is 1.96. The molecule has 7 nitrogen and oxygen atoms in total. The van der Waals surface area contributed by atoms with Crippen LogP contribution in [-0.2, 0) is 18.3 Å². The number of ether oxygens (including phenoxy) is 1. The van der Waals surface area contributed by atoms with Gasteiger partial charge in [-0.1, -0.05) is 0 Å². The van der Waals surface area contributed by atoms with Gasteiger partial charge in [0.1, 0.15) is 11.9 Å². The van der Waals surface area contributed by atoms with Crippen LogP contribution in [0.2, 0.25) is 0 Å². The molecular formula is C18H24N6O. The lowest BCUT2D eigenvalue weighted by Crippen LogP contribution is -2.38. The summed E-state index contributed by atoms with van der Waals surface area (Å²) in [6.07, 6.45) is 3.98. The average molecular weight is 340 g/mol. The van der Waals surface area contributed by atoms with Crippen molar-refractivity contribution in [2.45, 2.75) is 33.4 Å². The first-order chi connectivity index (χ1) is 12.0. The Balaban J connectivity index is 1.56. The number of fused-ring (bicyclic) bond motifs is 1. The van der Waals surface area contributed by atoms with E-state index in [0.29, 0.717) is 6.61 Å². The number of hydrogen-bond acceptors (Lipinski definition) is 5. The van der Waals surface area contributed by atoms with Gasteiger partial charge in [0.25, 0.3) is 0 Å². The van der Waals surface area contributed by atoms with Gasteiger partial charge in [-0.2, -0.15) is 5.10 Å². The molecule has 0 amide bonds. The molecule has 1 aliphatic rings. The highest BCUT2D eigenvalue weighted by molar-refractivity contribution is 5.47. The van der Waals surface area contributed by atoms with Crippen molar-refractivity contribution in [1.29, 1.82) is 0 Å². The van der Waals surface area contributed by atoms with Gasteiger partial charge in [-0.15, -0.1) is 0 Å². The number of rotatable bonds is 3. The van der Waals surface area contributed by atoms with Crippen molar-refractivity contribution in [2.24, 2.45) is 7.05 Å². The van der Waals surface area contributed by atoms with Crippen LogP contribution in [0, 0.1) is 20.8 Å². The highest BCUT2D eigenvalue weighted by atomic mass is 16.5. The van der Waals surface area contributed by atoms with E-state index in [2.05, 4.69) is 37.5 Å². The Labute approximate surface area is 147 Å². The molecule has 0 bridgehead atoms. The monoisotopic (exact) mass is 340 g/mol. The third kappa shape index (κ3) is 3.05. The summed E-state index contributed by atoms with van der Waals surface area (Å²) in [6.45, 7) is 9.36. The van der Waals surface area contributed by atoms with Crippen molar-refractivity contribution >= 4 is 5.65 Å². The van der Waals surface area contributed by atoms with Gasteiger partial charge in [0.05, 0.1) is 18.5 Å². The van der Waals surface area contributed by atoms with Crippen LogP contribution >= 0.6 is 0 Å². The molecule has 3 aromatic rings. The Hall–Kier alpha value is -2.25. The molecule has 0 aliphatic carbocycles. The van der Waals surface area contributed by atoms with Crippen LogP contribution in [0.4, 0.5) is 0 Å². The summed E-state index contributed by atoms with van der Waals surface area (Å²) < 4.78 is 9.95. The molecule has 1 saturated heterocycles. The molecule has 0 aromatic carbocycles. The third-order valence-electron chi connectivity index (χ3n) is 4.72. The lowest BCUT2D eigenvalue weighted by Gasteiger charge is -2.32. The summed E-state index contributed by atoms with van der Waals surface area (Å²) in [4.78, 5) is 11.7. The smallest absolute Gasteiger partial charge is 0.159 e. The van der Waals surface area contributed by atoms with Crippen LogP contribution in [0.5, 0.6) is 0 Å². The molecule has 1 atom stereocenters. The van der Waals surface area contributed by atoms with Crippen molar-refractivity contribution in [3.8, 4) is 0 Å². The number of aryl methyl sites for hydroxylation is 4. The SMILES string of the molecule is Cc1cn(C)c([C@@H]2CN(Cc3cnn4c(C)cc(C)nc34)CCO2)n1. The highest BCUT2D eigenvalue weighted by Gasteiger charge is 2.26. The summed E-state index contributed by atoms with van der Waals surface area (Å²) in [5, 5.41) is 4.50.